The van der Waals surface area contributed by atoms with E-state index in [9.17, 15) is 0 Å². The van der Waals surface area contributed by atoms with Crippen LogP contribution in [-0.4, -0.2) is 39.6 Å². The Kier molecular flexibility index (Phi) is 8.35. The van der Waals surface area contributed by atoms with Crippen LogP contribution in [0, 0.1) is 13.8 Å². The van der Waals surface area contributed by atoms with Crippen molar-refractivity contribution >= 4 is 0 Å². The van der Waals surface area contributed by atoms with E-state index < -0.39 is 0 Å². The average Bonchev–Trinajstić information content (AvgIpc) is 2.41. The van der Waals surface area contributed by atoms with Gasteiger partial charge in [0.25, 0.3) is 0 Å². The molecule has 1 N–H and O–H groups in total. The quantitative estimate of drug-likeness (QED) is 0.674. The largest absolute Gasteiger partial charge is 0.491 e. The minimum absolute atomic E-state index is 0.247. The smallest absolute Gasteiger partial charge is 0.125 e. The van der Waals surface area contributed by atoms with Gasteiger partial charge in [-0.15, -0.1) is 0 Å². The summed E-state index contributed by atoms with van der Waals surface area (Å²) in [6.45, 7) is 11.9. The van der Waals surface area contributed by atoms with E-state index in [0.717, 1.165) is 25.4 Å². The maximum atomic E-state index is 5.85. The number of benzene rings is 1. The highest BCUT2D eigenvalue weighted by Crippen LogP contribution is 2.24. The summed E-state index contributed by atoms with van der Waals surface area (Å²) in [6.07, 6.45) is 0.247. The summed E-state index contributed by atoms with van der Waals surface area (Å²) in [4.78, 5) is 0. The first kappa shape index (κ1) is 18.0. The molecule has 0 atom stereocenters. The molecule has 0 saturated carbocycles. The maximum absolute atomic E-state index is 5.85. The van der Waals surface area contributed by atoms with Crippen LogP contribution in [0.5, 0.6) is 5.75 Å². The third-order valence-corrected chi connectivity index (χ3v) is 3.11. The Morgan fingerprint density at radius 2 is 1.71 bits per heavy atom. The summed E-state index contributed by atoms with van der Waals surface area (Å²) in [5.74, 6) is 0.975. The summed E-state index contributed by atoms with van der Waals surface area (Å²) in [6, 6.07) is 4.34. The third kappa shape index (κ3) is 6.93. The van der Waals surface area contributed by atoms with Crippen molar-refractivity contribution in [2.24, 2.45) is 0 Å². The first-order valence-corrected chi connectivity index (χ1v) is 7.58. The first-order valence-electron chi connectivity index (χ1n) is 7.58. The van der Waals surface area contributed by atoms with E-state index in [1.54, 1.807) is 7.11 Å². The number of rotatable bonds is 10. The predicted octanol–water partition coefficient (Wildman–Crippen LogP) is 2.84. The molecule has 0 amide bonds. The Morgan fingerprint density at radius 3 is 2.29 bits per heavy atom. The second-order valence-electron chi connectivity index (χ2n) is 5.50. The van der Waals surface area contributed by atoms with Crippen LogP contribution in [0.2, 0.25) is 0 Å². The van der Waals surface area contributed by atoms with Crippen molar-refractivity contribution in [1.82, 2.24) is 5.32 Å². The summed E-state index contributed by atoms with van der Waals surface area (Å²) >= 11 is 0. The molecule has 0 unspecified atom stereocenters. The molecule has 1 rings (SSSR count). The highest BCUT2D eigenvalue weighted by molar-refractivity contribution is 5.43. The predicted molar refractivity (Wildman–Crippen MR) is 86.1 cm³/mol. The third-order valence-electron chi connectivity index (χ3n) is 3.11. The minimum Gasteiger partial charge on any atom is -0.491 e. The van der Waals surface area contributed by atoms with Crippen LogP contribution in [0.3, 0.4) is 0 Å². The molecule has 0 aromatic heterocycles. The van der Waals surface area contributed by atoms with Gasteiger partial charge in [0.15, 0.2) is 0 Å². The van der Waals surface area contributed by atoms with Crippen molar-refractivity contribution in [1.29, 1.82) is 0 Å². The van der Waals surface area contributed by atoms with Crippen molar-refractivity contribution in [3.8, 4) is 5.75 Å². The molecule has 0 aliphatic carbocycles. The zero-order valence-electron chi connectivity index (χ0n) is 14.0. The molecule has 0 aliphatic rings. The van der Waals surface area contributed by atoms with Crippen LogP contribution >= 0.6 is 0 Å². The summed E-state index contributed by atoms with van der Waals surface area (Å²) in [7, 11) is 1.71. The normalized spacial score (nSPS) is 11.1. The van der Waals surface area contributed by atoms with Crippen LogP contribution in [0.1, 0.15) is 30.5 Å². The first-order chi connectivity index (χ1) is 10.0. The fourth-order valence-electron chi connectivity index (χ4n) is 2.20. The van der Waals surface area contributed by atoms with Crippen molar-refractivity contribution in [3.63, 3.8) is 0 Å². The highest BCUT2D eigenvalue weighted by Gasteiger charge is 2.07. The molecule has 1 aromatic rings. The van der Waals surface area contributed by atoms with Crippen molar-refractivity contribution in [2.45, 2.75) is 40.3 Å². The maximum Gasteiger partial charge on any atom is 0.125 e. The van der Waals surface area contributed by atoms with Gasteiger partial charge in [0.1, 0.15) is 12.4 Å². The Balaban J connectivity index is 2.50. The van der Waals surface area contributed by atoms with E-state index in [2.05, 4.69) is 31.3 Å². The highest BCUT2D eigenvalue weighted by atomic mass is 16.5. The lowest BCUT2D eigenvalue weighted by Crippen LogP contribution is -2.18. The monoisotopic (exact) mass is 295 g/mol. The zero-order valence-corrected chi connectivity index (χ0v) is 14.0. The van der Waals surface area contributed by atoms with Crippen LogP contribution in [0.15, 0.2) is 12.1 Å². The Hall–Kier alpha value is -1.10. The van der Waals surface area contributed by atoms with Crippen LogP contribution in [0.25, 0.3) is 0 Å². The van der Waals surface area contributed by atoms with E-state index in [1.165, 1.54) is 16.7 Å². The van der Waals surface area contributed by atoms with Gasteiger partial charge in [-0.1, -0.05) is 12.1 Å². The number of methoxy groups -OCH3 is 1. The number of nitrogens with one attached hydrogen (secondary N) is 1. The Labute approximate surface area is 128 Å². The second-order valence-corrected chi connectivity index (χ2v) is 5.50. The Morgan fingerprint density at radius 1 is 1.05 bits per heavy atom. The molecule has 0 spiro atoms. The molecular formula is C17H29NO3. The number of ether oxygens (including phenoxy) is 3. The van der Waals surface area contributed by atoms with E-state index in [4.69, 9.17) is 14.2 Å². The molecule has 1 aromatic carbocycles. The van der Waals surface area contributed by atoms with Crippen molar-refractivity contribution < 1.29 is 14.2 Å². The van der Waals surface area contributed by atoms with Gasteiger partial charge in [-0.2, -0.15) is 0 Å². The summed E-state index contributed by atoms with van der Waals surface area (Å²) in [5, 5.41) is 3.36. The SMILES string of the molecule is COCCNCc1cc(C)c(OCCOC(C)C)c(C)c1. The summed E-state index contributed by atoms with van der Waals surface area (Å²) in [5.41, 5.74) is 3.61. The Bertz CT molecular complexity index is 395. The molecule has 0 heterocycles. The summed E-state index contributed by atoms with van der Waals surface area (Å²) < 4.78 is 16.4. The van der Waals surface area contributed by atoms with Gasteiger partial charge in [-0.05, 0) is 44.4 Å². The second kappa shape index (κ2) is 9.77. The lowest BCUT2D eigenvalue weighted by atomic mass is 10.1. The molecule has 0 radical (unpaired) electrons. The number of aryl methyl sites for hydroxylation is 2. The standard InChI is InChI=1S/C17H29NO3/c1-13(2)20-8-9-21-17-14(3)10-16(11-15(17)4)12-18-6-7-19-5/h10-11,13,18H,6-9,12H2,1-5H3. The fourth-order valence-corrected chi connectivity index (χ4v) is 2.20. The van der Waals surface area contributed by atoms with E-state index in [1.807, 2.05) is 13.8 Å². The minimum atomic E-state index is 0.247. The van der Waals surface area contributed by atoms with Crippen molar-refractivity contribution in [2.75, 3.05) is 33.5 Å². The number of hydrogen-bond donors (Lipinski definition) is 1. The molecule has 4 heteroatoms. The van der Waals surface area contributed by atoms with E-state index >= 15 is 0 Å². The van der Waals surface area contributed by atoms with Crippen LogP contribution < -0.4 is 10.1 Å². The van der Waals surface area contributed by atoms with Crippen LogP contribution in [-0.2, 0) is 16.0 Å². The fraction of sp³-hybridized carbons (Fsp3) is 0.647. The molecule has 0 bridgehead atoms. The molecule has 0 fully saturated rings. The van der Waals surface area contributed by atoms with E-state index in [-0.39, 0.29) is 6.10 Å². The lowest BCUT2D eigenvalue weighted by molar-refractivity contribution is 0.0550. The van der Waals surface area contributed by atoms with Gasteiger partial charge in [-0.25, -0.2) is 0 Å². The molecular weight excluding hydrogens is 266 g/mol. The van der Waals surface area contributed by atoms with Crippen LogP contribution in [0.4, 0.5) is 0 Å². The molecule has 0 aliphatic heterocycles. The van der Waals surface area contributed by atoms with Gasteiger partial charge in [0.05, 0.1) is 19.3 Å². The molecule has 21 heavy (non-hydrogen) atoms. The van der Waals surface area contributed by atoms with Gasteiger partial charge >= 0.3 is 0 Å². The molecule has 120 valence electrons. The average molecular weight is 295 g/mol. The van der Waals surface area contributed by atoms with Gasteiger partial charge in [0.2, 0.25) is 0 Å². The van der Waals surface area contributed by atoms with Gasteiger partial charge in [0, 0.05) is 20.2 Å². The topological polar surface area (TPSA) is 39.7 Å². The van der Waals surface area contributed by atoms with Crippen molar-refractivity contribution in [3.05, 3.63) is 28.8 Å². The van der Waals surface area contributed by atoms with Gasteiger partial charge < -0.3 is 19.5 Å². The van der Waals surface area contributed by atoms with Gasteiger partial charge in [-0.3, -0.25) is 0 Å². The number of hydrogen-bond acceptors (Lipinski definition) is 4. The van der Waals surface area contributed by atoms with E-state index in [0.29, 0.717) is 13.2 Å². The molecule has 4 nitrogen and oxygen atoms in total. The lowest BCUT2D eigenvalue weighted by Gasteiger charge is -2.15. The zero-order chi connectivity index (χ0) is 15.7. The molecule has 0 saturated heterocycles.